The molecule has 0 aromatic rings. The molecule has 0 aliphatic rings. The Morgan fingerprint density at radius 1 is 0.839 bits per heavy atom. The molecule has 182 valence electrons. The van der Waals surface area contributed by atoms with Crippen LogP contribution in [0.15, 0.2) is 12.2 Å². The number of esters is 1. The fraction of sp³-hybridized carbons (Fsp3) is 0.778. The van der Waals surface area contributed by atoms with E-state index in [2.05, 4.69) is 11.9 Å². The van der Waals surface area contributed by atoms with Crippen molar-refractivity contribution in [2.45, 2.75) is 25.4 Å². The fourth-order valence-electron chi connectivity index (χ4n) is 2.72. The van der Waals surface area contributed by atoms with Crippen molar-refractivity contribution in [2.24, 2.45) is 0 Å². The topological polar surface area (TPSA) is 114 Å². The minimum atomic E-state index is -2.85. The van der Waals surface area contributed by atoms with E-state index in [9.17, 15) is 9.59 Å². The second-order valence-corrected chi connectivity index (χ2v) is 12.8. The van der Waals surface area contributed by atoms with E-state index in [1.807, 2.05) is 0 Å². The highest BCUT2D eigenvalue weighted by Gasteiger charge is 2.39. The Balaban J connectivity index is 4.97. The van der Waals surface area contributed by atoms with Gasteiger partial charge in [-0.1, -0.05) is 6.58 Å². The molecule has 0 radical (unpaired) electrons. The van der Waals surface area contributed by atoms with E-state index in [4.69, 9.17) is 31.3 Å². The molecular formula is C18H38N2O9Si2. The van der Waals surface area contributed by atoms with Gasteiger partial charge in [0.25, 0.3) is 0 Å². The van der Waals surface area contributed by atoms with Crippen LogP contribution in [0.4, 0.5) is 4.79 Å². The maximum atomic E-state index is 12.7. The first kappa shape index (κ1) is 29.7. The van der Waals surface area contributed by atoms with E-state index in [0.29, 0.717) is 37.2 Å². The number of rotatable bonds is 17. The van der Waals surface area contributed by atoms with Gasteiger partial charge < -0.3 is 41.5 Å². The summed E-state index contributed by atoms with van der Waals surface area (Å²) in [4.78, 5) is 25.8. The highest BCUT2D eigenvalue weighted by atomic mass is 28.4. The molecule has 0 fully saturated rings. The SMILES string of the molecule is C=C(C)C(=O)OCCNC(=O)N(CCC[Si](OC)(OC)OC)CC[Si](OC)(OC)OC. The highest BCUT2D eigenvalue weighted by molar-refractivity contribution is 6.61. The second-order valence-electron chi connectivity index (χ2n) is 6.58. The van der Waals surface area contributed by atoms with Crippen molar-refractivity contribution in [3.8, 4) is 0 Å². The summed E-state index contributed by atoms with van der Waals surface area (Å²) in [5, 5.41) is 2.75. The van der Waals surface area contributed by atoms with Crippen molar-refractivity contribution in [1.82, 2.24) is 10.2 Å². The van der Waals surface area contributed by atoms with Crippen molar-refractivity contribution >= 4 is 29.6 Å². The minimum absolute atomic E-state index is 0.0468. The normalized spacial score (nSPS) is 11.8. The average molecular weight is 483 g/mol. The van der Waals surface area contributed by atoms with Crippen molar-refractivity contribution in [1.29, 1.82) is 0 Å². The number of nitrogens with zero attached hydrogens (tertiary/aromatic N) is 1. The average Bonchev–Trinajstić information content (AvgIpc) is 2.79. The Hall–Kier alpha value is -1.33. The van der Waals surface area contributed by atoms with Gasteiger partial charge in [0, 0.05) is 73.4 Å². The van der Waals surface area contributed by atoms with E-state index in [1.165, 1.54) is 21.3 Å². The molecule has 1 N–H and O–H groups in total. The smallest absolute Gasteiger partial charge is 0.460 e. The molecule has 0 unspecified atom stereocenters. The standard InChI is InChI=1S/C18H38N2O9Si2/c1-16(2)17(21)29-13-10-19-18(22)20(12-15-31(26-6,27-7)28-8)11-9-14-30(23-3,24-4)25-5/h1,9-15H2,2-8H3,(H,19,22). The number of carbonyl (C=O) groups excluding carboxylic acids is 2. The predicted octanol–water partition coefficient (Wildman–Crippen LogP) is 1.26. The monoisotopic (exact) mass is 482 g/mol. The van der Waals surface area contributed by atoms with E-state index in [-0.39, 0.29) is 19.2 Å². The van der Waals surface area contributed by atoms with Crippen molar-refractivity contribution < 1.29 is 40.9 Å². The zero-order valence-corrected chi connectivity index (χ0v) is 21.8. The molecule has 0 aromatic carbocycles. The number of hydrogen-bond acceptors (Lipinski definition) is 9. The second kappa shape index (κ2) is 15.5. The molecule has 31 heavy (non-hydrogen) atoms. The Morgan fingerprint density at radius 3 is 1.77 bits per heavy atom. The van der Waals surface area contributed by atoms with Crippen LogP contribution in [0.3, 0.4) is 0 Å². The van der Waals surface area contributed by atoms with E-state index in [1.54, 1.807) is 33.2 Å². The quantitative estimate of drug-likeness (QED) is 0.142. The van der Waals surface area contributed by atoms with Crippen LogP contribution < -0.4 is 5.32 Å². The lowest BCUT2D eigenvalue weighted by molar-refractivity contribution is -0.138. The maximum absolute atomic E-state index is 12.7. The van der Waals surface area contributed by atoms with Gasteiger partial charge in [0.05, 0.1) is 6.54 Å². The van der Waals surface area contributed by atoms with Gasteiger partial charge in [-0.3, -0.25) is 0 Å². The number of ether oxygens (including phenoxy) is 1. The molecule has 0 atom stereocenters. The number of carbonyl (C=O) groups is 2. The molecule has 0 bridgehead atoms. The maximum Gasteiger partial charge on any atom is 0.501 e. The first-order valence-corrected chi connectivity index (χ1v) is 13.7. The molecule has 11 nitrogen and oxygen atoms in total. The molecule has 0 aromatic heterocycles. The van der Waals surface area contributed by atoms with Crippen molar-refractivity contribution in [3.63, 3.8) is 0 Å². The summed E-state index contributed by atoms with van der Waals surface area (Å²) in [6.07, 6.45) is 0.599. The molecular weight excluding hydrogens is 444 g/mol. The van der Waals surface area contributed by atoms with Crippen LogP contribution in [0.1, 0.15) is 13.3 Å². The molecule has 0 aliphatic carbocycles. The lowest BCUT2D eigenvalue weighted by Gasteiger charge is -2.30. The largest absolute Gasteiger partial charge is 0.501 e. The molecule has 2 amide bonds. The van der Waals surface area contributed by atoms with Gasteiger partial charge >= 0.3 is 29.6 Å². The zero-order valence-electron chi connectivity index (χ0n) is 19.8. The van der Waals surface area contributed by atoms with Crippen LogP contribution >= 0.6 is 0 Å². The molecule has 0 spiro atoms. The number of nitrogens with one attached hydrogen (secondary N) is 1. The molecule has 0 heterocycles. The summed E-state index contributed by atoms with van der Waals surface area (Å²) < 4.78 is 37.6. The Kier molecular flexibility index (Phi) is 14.8. The molecule has 0 saturated carbocycles. The van der Waals surface area contributed by atoms with E-state index < -0.39 is 23.6 Å². The third kappa shape index (κ3) is 10.2. The van der Waals surface area contributed by atoms with E-state index >= 15 is 0 Å². The van der Waals surface area contributed by atoms with Crippen LogP contribution in [0.2, 0.25) is 12.1 Å². The fourth-order valence-corrected chi connectivity index (χ4v) is 6.08. The minimum Gasteiger partial charge on any atom is -0.460 e. The Morgan fingerprint density at radius 2 is 1.32 bits per heavy atom. The van der Waals surface area contributed by atoms with Crippen molar-refractivity contribution in [3.05, 3.63) is 12.2 Å². The van der Waals surface area contributed by atoms with Crippen molar-refractivity contribution in [2.75, 3.05) is 68.9 Å². The number of hydrogen-bond donors (Lipinski definition) is 1. The third-order valence-electron chi connectivity index (χ3n) is 4.71. The zero-order chi connectivity index (χ0) is 23.9. The summed E-state index contributed by atoms with van der Waals surface area (Å²) in [7, 11) is 3.61. The first-order valence-electron chi connectivity index (χ1n) is 9.85. The van der Waals surface area contributed by atoms with Crippen LogP contribution in [0.25, 0.3) is 0 Å². The number of urea groups is 1. The Labute approximate surface area is 187 Å². The van der Waals surface area contributed by atoms with Crippen LogP contribution in [0.5, 0.6) is 0 Å². The van der Waals surface area contributed by atoms with Gasteiger partial charge in [-0.05, 0) is 13.3 Å². The first-order chi connectivity index (χ1) is 14.7. The van der Waals surface area contributed by atoms with Gasteiger partial charge in [0.2, 0.25) is 0 Å². The summed E-state index contributed by atoms with van der Waals surface area (Å²) in [5.74, 6) is -0.498. The summed E-state index contributed by atoms with van der Waals surface area (Å²) >= 11 is 0. The van der Waals surface area contributed by atoms with Crippen LogP contribution in [-0.2, 0) is 36.1 Å². The van der Waals surface area contributed by atoms with Gasteiger partial charge in [-0.15, -0.1) is 0 Å². The highest BCUT2D eigenvalue weighted by Crippen LogP contribution is 2.17. The van der Waals surface area contributed by atoms with Crippen LogP contribution in [-0.4, -0.2) is 103 Å². The molecule has 0 rings (SSSR count). The third-order valence-corrected chi connectivity index (χ3v) is 10.2. The lowest BCUT2D eigenvalue weighted by Crippen LogP contribution is -2.49. The number of amides is 2. The predicted molar refractivity (Wildman–Crippen MR) is 119 cm³/mol. The van der Waals surface area contributed by atoms with E-state index in [0.717, 1.165) is 0 Å². The van der Waals surface area contributed by atoms with Gasteiger partial charge in [-0.25, -0.2) is 9.59 Å². The summed E-state index contributed by atoms with van der Waals surface area (Å²) in [6.45, 7) is 6.06. The lowest BCUT2D eigenvalue weighted by atomic mass is 10.4. The van der Waals surface area contributed by atoms with Gasteiger partial charge in [-0.2, -0.15) is 0 Å². The Bertz CT molecular complexity index is 542. The van der Waals surface area contributed by atoms with Crippen LogP contribution in [0, 0.1) is 0 Å². The summed E-state index contributed by atoms with van der Waals surface area (Å²) in [6, 6.07) is 0.644. The van der Waals surface area contributed by atoms with Gasteiger partial charge in [0.15, 0.2) is 0 Å². The molecule has 0 aliphatic heterocycles. The van der Waals surface area contributed by atoms with Gasteiger partial charge in [0.1, 0.15) is 6.61 Å². The summed E-state index contributed by atoms with van der Waals surface area (Å²) in [5.41, 5.74) is 0.301. The molecule has 13 heteroatoms. The molecule has 0 saturated heterocycles.